The molecule has 0 saturated heterocycles. The fourth-order valence-electron chi connectivity index (χ4n) is 8.20. The molecule has 0 amide bonds. The van der Waals surface area contributed by atoms with E-state index in [-0.39, 0.29) is 5.92 Å². The minimum atomic E-state index is 0.218. The first kappa shape index (κ1) is 33.5. The van der Waals surface area contributed by atoms with Gasteiger partial charge >= 0.3 is 0 Å². The number of hydrogen-bond acceptors (Lipinski definition) is 4. The Morgan fingerprint density at radius 3 is 1.70 bits per heavy atom. The van der Waals surface area contributed by atoms with Gasteiger partial charge in [-0.2, -0.15) is 0 Å². The highest BCUT2D eigenvalue weighted by atomic mass is 14.9. The monoisotopic (exact) mass is 718 g/mol. The minimum Gasteiger partial charge on any atom is -0.256 e. The van der Waals surface area contributed by atoms with Crippen molar-refractivity contribution in [1.82, 2.24) is 19.9 Å². The van der Waals surface area contributed by atoms with Crippen molar-refractivity contribution < 1.29 is 0 Å². The fraction of sp³-hybridized carbons (Fsp3) is 0.0769. The molecular formula is C52H38N4. The molecule has 0 fully saturated rings. The van der Waals surface area contributed by atoms with Crippen LogP contribution in [0.4, 0.5) is 0 Å². The summed E-state index contributed by atoms with van der Waals surface area (Å²) in [7, 11) is 0. The zero-order chi connectivity index (χ0) is 37.3. The Bertz CT molecular complexity index is 2650. The summed E-state index contributed by atoms with van der Waals surface area (Å²) < 4.78 is 0. The third-order valence-electron chi connectivity index (χ3n) is 11.0. The Morgan fingerprint density at radius 2 is 1.04 bits per heavy atom. The number of rotatable bonds is 7. The van der Waals surface area contributed by atoms with Crippen LogP contribution in [0.15, 0.2) is 176 Å². The second-order valence-corrected chi connectivity index (χ2v) is 14.5. The second kappa shape index (κ2) is 14.7. The molecule has 56 heavy (non-hydrogen) atoms. The van der Waals surface area contributed by atoms with Crippen molar-refractivity contribution in [2.24, 2.45) is 0 Å². The molecule has 2 aliphatic carbocycles. The Labute approximate surface area is 327 Å². The average molecular weight is 719 g/mol. The Kier molecular flexibility index (Phi) is 8.77. The van der Waals surface area contributed by atoms with Crippen LogP contribution < -0.4 is 0 Å². The molecule has 4 heteroatoms. The van der Waals surface area contributed by atoms with Crippen molar-refractivity contribution in [3.05, 3.63) is 204 Å². The Hall–Kier alpha value is -7.04. The molecule has 8 aromatic rings. The highest BCUT2D eigenvalue weighted by molar-refractivity contribution is 5.80. The fourth-order valence-corrected chi connectivity index (χ4v) is 8.20. The normalized spacial score (nSPS) is 14.2. The number of aromatic nitrogens is 4. The average Bonchev–Trinajstić information content (AvgIpc) is 3.29. The topological polar surface area (TPSA) is 51.6 Å². The van der Waals surface area contributed by atoms with Crippen LogP contribution in [0.25, 0.3) is 79.7 Å². The molecule has 0 saturated carbocycles. The molecule has 3 heterocycles. The van der Waals surface area contributed by atoms with Crippen LogP contribution in [-0.4, -0.2) is 19.9 Å². The number of pyridine rings is 2. The molecule has 1 atom stereocenters. The molecule has 1 unspecified atom stereocenters. The van der Waals surface area contributed by atoms with Gasteiger partial charge in [0.1, 0.15) is 0 Å². The van der Waals surface area contributed by atoms with Gasteiger partial charge < -0.3 is 0 Å². The molecule has 266 valence electrons. The van der Waals surface area contributed by atoms with Gasteiger partial charge in [0, 0.05) is 46.1 Å². The lowest BCUT2D eigenvalue weighted by molar-refractivity contribution is 0.820. The molecule has 0 N–H and O–H groups in total. The summed E-state index contributed by atoms with van der Waals surface area (Å²) in [5.41, 5.74) is 17.9. The van der Waals surface area contributed by atoms with Crippen LogP contribution in [-0.2, 0) is 6.42 Å². The number of nitrogens with zero attached hydrogens (tertiary/aromatic N) is 4. The van der Waals surface area contributed by atoms with Gasteiger partial charge in [-0.25, -0.2) is 9.97 Å². The lowest BCUT2D eigenvalue weighted by Gasteiger charge is -2.24. The zero-order valence-corrected chi connectivity index (χ0v) is 30.9. The van der Waals surface area contributed by atoms with Gasteiger partial charge in [0.05, 0.1) is 22.8 Å². The van der Waals surface area contributed by atoms with Crippen molar-refractivity contribution in [1.29, 1.82) is 0 Å². The van der Waals surface area contributed by atoms with E-state index in [0.717, 1.165) is 69.9 Å². The summed E-state index contributed by atoms with van der Waals surface area (Å²) in [6.07, 6.45) is 15.8. The summed E-state index contributed by atoms with van der Waals surface area (Å²) in [5, 5.41) is 0. The highest BCUT2D eigenvalue weighted by Crippen LogP contribution is 2.41. The number of fused-ring (bicyclic) bond motifs is 2. The number of hydrogen-bond donors (Lipinski definition) is 0. The predicted molar refractivity (Wildman–Crippen MR) is 230 cm³/mol. The van der Waals surface area contributed by atoms with Crippen molar-refractivity contribution in [3.63, 3.8) is 0 Å². The quantitative estimate of drug-likeness (QED) is 0.165. The zero-order valence-electron chi connectivity index (χ0n) is 30.9. The molecule has 0 bridgehead atoms. The van der Waals surface area contributed by atoms with Crippen molar-refractivity contribution in [2.75, 3.05) is 0 Å². The second-order valence-electron chi connectivity index (χ2n) is 14.5. The summed E-state index contributed by atoms with van der Waals surface area (Å²) in [6.45, 7) is 0. The van der Waals surface area contributed by atoms with Gasteiger partial charge in [0.2, 0.25) is 0 Å². The Morgan fingerprint density at radius 1 is 0.446 bits per heavy atom. The summed E-state index contributed by atoms with van der Waals surface area (Å²) in [4.78, 5) is 19.9. The summed E-state index contributed by atoms with van der Waals surface area (Å²) in [5.74, 6) is 0.919. The van der Waals surface area contributed by atoms with Crippen LogP contribution in [0.1, 0.15) is 46.6 Å². The maximum Gasteiger partial charge on any atom is 0.160 e. The van der Waals surface area contributed by atoms with Crippen LogP contribution in [0.5, 0.6) is 0 Å². The lowest BCUT2D eigenvalue weighted by Crippen LogP contribution is -2.07. The van der Waals surface area contributed by atoms with Gasteiger partial charge in [-0.3, -0.25) is 9.97 Å². The van der Waals surface area contributed by atoms with Crippen LogP contribution in [0, 0.1) is 0 Å². The van der Waals surface area contributed by atoms with E-state index in [1.807, 2.05) is 48.8 Å². The van der Waals surface area contributed by atoms with E-state index >= 15 is 0 Å². The minimum absolute atomic E-state index is 0.218. The summed E-state index contributed by atoms with van der Waals surface area (Å²) >= 11 is 0. The third kappa shape index (κ3) is 6.56. The van der Waals surface area contributed by atoms with Crippen molar-refractivity contribution in [3.8, 4) is 67.5 Å². The van der Waals surface area contributed by atoms with E-state index in [4.69, 9.17) is 9.97 Å². The van der Waals surface area contributed by atoms with Gasteiger partial charge in [-0.05, 0) is 101 Å². The highest BCUT2D eigenvalue weighted by Gasteiger charge is 2.22. The molecule has 2 aliphatic rings. The lowest BCUT2D eigenvalue weighted by atomic mass is 9.80. The molecule has 10 rings (SSSR count). The number of benzene rings is 5. The summed E-state index contributed by atoms with van der Waals surface area (Å²) in [6, 6.07) is 53.7. The van der Waals surface area contributed by atoms with E-state index in [1.54, 1.807) is 0 Å². The van der Waals surface area contributed by atoms with Crippen molar-refractivity contribution in [2.45, 2.75) is 25.2 Å². The largest absolute Gasteiger partial charge is 0.256 e. The van der Waals surface area contributed by atoms with E-state index in [2.05, 4.69) is 150 Å². The molecular weight excluding hydrogens is 681 g/mol. The van der Waals surface area contributed by atoms with E-state index in [0.29, 0.717) is 5.82 Å². The molecule has 0 aliphatic heterocycles. The molecule has 3 aromatic heterocycles. The standard InChI is InChI=1S/C52H38N4/c1-3-15-44-35(11-1)13-9-17-46(44)41-31-42(47-18-10-14-36-12-2-4-16-45(36)47)33-43(32-41)52-55-50(39-25-21-37(22-26-39)48-19-5-7-29-53-48)34-51(56-52)40-27-23-38(24-28-40)49-20-6-8-30-54-49/h1-3,5-15,18-34,46H,4,16-17H2. The van der Waals surface area contributed by atoms with Crippen LogP contribution in [0.3, 0.4) is 0 Å². The van der Waals surface area contributed by atoms with Crippen LogP contribution in [0.2, 0.25) is 0 Å². The van der Waals surface area contributed by atoms with E-state index in [1.165, 1.54) is 38.9 Å². The molecule has 5 aromatic carbocycles. The number of allylic oxidation sites excluding steroid dienone is 2. The Balaban J connectivity index is 1.15. The molecule has 0 radical (unpaired) electrons. The maximum absolute atomic E-state index is 5.36. The van der Waals surface area contributed by atoms with E-state index < -0.39 is 0 Å². The maximum atomic E-state index is 5.36. The first-order valence-corrected chi connectivity index (χ1v) is 19.4. The predicted octanol–water partition coefficient (Wildman–Crippen LogP) is 12.8. The van der Waals surface area contributed by atoms with Gasteiger partial charge in [-0.1, -0.05) is 133 Å². The SMILES string of the molecule is C1=Cc2cccc(-c3cc(-c4nc(-c5ccc(-c6ccccn6)cc5)cc(-c5ccc(-c6ccccn6)cc5)n4)cc(C4CC=Cc5ccccc54)c3)c2CC1. The van der Waals surface area contributed by atoms with E-state index in [9.17, 15) is 0 Å². The third-order valence-corrected chi connectivity index (χ3v) is 11.0. The van der Waals surface area contributed by atoms with Gasteiger partial charge in [-0.15, -0.1) is 0 Å². The smallest absolute Gasteiger partial charge is 0.160 e. The van der Waals surface area contributed by atoms with Crippen molar-refractivity contribution >= 4 is 12.2 Å². The first-order valence-electron chi connectivity index (χ1n) is 19.4. The molecule has 0 spiro atoms. The van der Waals surface area contributed by atoms with Gasteiger partial charge in [0.25, 0.3) is 0 Å². The van der Waals surface area contributed by atoms with Gasteiger partial charge in [0.15, 0.2) is 5.82 Å². The first-order chi connectivity index (χ1) is 27.7. The van der Waals surface area contributed by atoms with Crippen LogP contribution >= 0.6 is 0 Å². The molecule has 4 nitrogen and oxygen atoms in total.